The minimum absolute atomic E-state index is 0.0240. The van der Waals surface area contributed by atoms with Crippen LogP contribution in [0.3, 0.4) is 0 Å². The van der Waals surface area contributed by atoms with E-state index in [4.69, 9.17) is 9.47 Å². The van der Waals surface area contributed by atoms with E-state index in [2.05, 4.69) is 20.8 Å². The first-order valence-corrected chi connectivity index (χ1v) is 5.64. The standard InChI is InChI=1S/C12H22O2/c1-10(2)5-4-6-11(3)9-12-13-7-8-14-12/h7-8,10-12H,4-6,9H2,1-3H3/t11-/m1/s1. The molecule has 0 fully saturated rings. The third kappa shape index (κ3) is 4.54. The summed E-state index contributed by atoms with van der Waals surface area (Å²) < 4.78 is 10.5. The first-order chi connectivity index (χ1) is 6.68. The quantitative estimate of drug-likeness (QED) is 0.648. The normalized spacial score (nSPS) is 18.3. The Morgan fingerprint density at radius 2 is 1.71 bits per heavy atom. The van der Waals surface area contributed by atoms with E-state index in [9.17, 15) is 0 Å². The molecule has 0 aliphatic carbocycles. The van der Waals surface area contributed by atoms with Crippen LogP contribution in [0, 0.1) is 11.8 Å². The van der Waals surface area contributed by atoms with E-state index in [0.717, 1.165) is 12.3 Å². The van der Waals surface area contributed by atoms with Gasteiger partial charge < -0.3 is 9.47 Å². The van der Waals surface area contributed by atoms with Crippen LogP contribution < -0.4 is 0 Å². The summed E-state index contributed by atoms with van der Waals surface area (Å²) in [6, 6.07) is 0. The number of hydrogen-bond donors (Lipinski definition) is 0. The summed E-state index contributed by atoms with van der Waals surface area (Å²) in [6.07, 6.45) is 8.17. The molecule has 0 radical (unpaired) electrons. The molecule has 14 heavy (non-hydrogen) atoms. The van der Waals surface area contributed by atoms with Crippen molar-refractivity contribution < 1.29 is 9.47 Å². The van der Waals surface area contributed by atoms with Crippen molar-refractivity contribution in [2.45, 2.75) is 52.7 Å². The van der Waals surface area contributed by atoms with Gasteiger partial charge in [-0.05, 0) is 11.8 Å². The van der Waals surface area contributed by atoms with Gasteiger partial charge in [0.1, 0.15) is 12.5 Å². The van der Waals surface area contributed by atoms with Gasteiger partial charge in [0.15, 0.2) is 0 Å². The molecule has 1 rings (SSSR count). The van der Waals surface area contributed by atoms with Crippen molar-refractivity contribution in [2.75, 3.05) is 0 Å². The fraction of sp³-hybridized carbons (Fsp3) is 0.833. The van der Waals surface area contributed by atoms with Gasteiger partial charge in [0.05, 0.1) is 0 Å². The Balaban J connectivity index is 2.01. The van der Waals surface area contributed by atoms with Crippen LogP contribution in [0.15, 0.2) is 12.5 Å². The van der Waals surface area contributed by atoms with E-state index in [1.807, 2.05) is 0 Å². The largest absolute Gasteiger partial charge is 0.459 e. The molecule has 0 aromatic heterocycles. The smallest absolute Gasteiger partial charge is 0.239 e. The van der Waals surface area contributed by atoms with E-state index in [1.165, 1.54) is 19.3 Å². The first kappa shape index (κ1) is 11.4. The van der Waals surface area contributed by atoms with E-state index in [0.29, 0.717) is 5.92 Å². The van der Waals surface area contributed by atoms with Crippen LogP contribution in [0.25, 0.3) is 0 Å². The highest BCUT2D eigenvalue weighted by Crippen LogP contribution is 2.20. The Kier molecular flexibility index (Phi) is 4.85. The maximum absolute atomic E-state index is 5.25. The molecule has 1 atom stereocenters. The molecule has 0 unspecified atom stereocenters. The van der Waals surface area contributed by atoms with Crippen LogP contribution in [-0.4, -0.2) is 6.29 Å². The van der Waals surface area contributed by atoms with Crippen LogP contribution in [0.1, 0.15) is 46.5 Å². The van der Waals surface area contributed by atoms with Crippen molar-refractivity contribution in [1.82, 2.24) is 0 Å². The third-order valence-electron chi connectivity index (χ3n) is 2.59. The van der Waals surface area contributed by atoms with Gasteiger partial charge in [-0.2, -0.15) is 0 Å². The highest BCUT2D eigenvalue weighted by atomic mass is 16.7. The molecule has 0 N–H and O–H groups in total. The molecule has 0 aromatic rings. The van der Waals surface area contributed by atoms with E-state index < -0.39 is 0 Å². The molecule has 2 nitrogen and oxygen atoms in total. The molecular formula is C12H22O2. The zero-order chi connectivity index (χ0) is 10.4. The molecule has 0 saturated carbocycles. The molecule has 0 aromatic carbocycles. The van der Waals surface area contributed by atoms with Crippen LogP contribution in [-0.2, 0) is 9.47 Å². The lowest BCUT2D eigenvalue weighted by Gasteiger charge is -2.16. The fourth-order valence-corrected chi connectivity index (χ4v) is 1.70. The second-order valence-corrected chi connectivity index (χ2v) is 4.64. The summed E-state index contributed by atoms with van der Waals surface area (Å²) in [5.74, 6) is 1.52. The molecule has 0 amide bonds. The van der Waals surface area contributed by atoms with Gasteiger partial charge in [-0.3, -0.25) is 0 Å². The SMILES string of the molecule is CC(C)CCC[C@@H](C)CC1OC=CO1. The summed E-state index contributed by atoms with van der Waals surface area (Å²) in [7, 11) is 0. The van der Waals surface area contributed by atoms with Crippen molar-refractivity contribution in [3.05, 3.63) is 12.5 Å². The second-order valence-electron chi connectivity index (χ2n) is 4.64. The van der Waals surface area contributed by atoms with Crippen molar-refractivity contribution in [3.8, 4) is 0 Å². The number of hydrogen-bond acceptors (Lipinski definition) is 2. The Bertz CT molecular complexity index is 167. The zero-order valence-electron chi connectivity index (χ0n) is 9.53. The van der Waals surface area contributed by atoms with Gasteiger partial charge in [-0.25, -0.2) is 0 Å². The molecule has 0 saturated heterocycles. The van der Waals surface area contributed by atoms with Crippen molar-refractivity contribution in [3.63, 3.8) is 0 Å². The predicted molar refractivity (Wildman–Crippen MR) is 57.6 cm³/mol. The monoisotopic (exact) mass is 198 g/mol. The van der Waals surface area contributed by atoms with Gasteiger partial charge in [-0.15, -0.1) is 0 Å². The Morgan fingerprint density at radius 3 is 2.29 bits per heavy atom. The van der Waals surface area contributed by atoms with E-state index >= 15 is 0 Å². The summed E-state index contributed by atoms with van der Waals surface area (Å²) in [5.41, 5.74) is 0. The number of rotatable bonds is 6. The highest BCUT2D eigenvalue weighted by molar-refractivity contribution is 4.72. The molecule has 0 spiro atoms. The summed E-state index contributed by atoms with van der Waals surface area (Å²) in [5, 5.41) is 0. The van der Waals surface area contributed by atoms with Crippen molar-refractivity contribution in [2.24, 2.45) is 11.8 Å². The Labute approximate surface area is 87.3 Å². The highest BCUT2D eigenvalue weighted by Gasteiger charge is 2.16. The fourth-order valence-electron chi connectivity index (χ4n) is 1.70. The van der Waals surface area contributed by atoms with Crippen LogP contribution in [0.4, 0.5) is 0 Å². The topological polar surface area (TPSA) is 18.5 Å². The van der Waals surface area contributed by atoms with E-state index in [1.54, 1.807) is 12.5 Å². The van der Waals surface area contributed by atoms with Crippen LogP contribution >= 0.6 is 0 Å². The summed E-state index contributed by atoms with van der Waals surface area (Å²) >= 11 is 0. The molecule has 1 aliphatic rings. The van der Waals surface area contributed by atoms with Crippen molar-refractivity contribution >= 4 is 0 Å². The summed E-state index contributed by atoms with van der Waals surface area (Å²) in [4.78, 5) is 0. The molecule has 2 heteroatoms. The second kappa shape index (κ2) is 5.94. The van der Waals surface area contributed by atoms with Gasteiger partial charge in [0, 0.05) is 6.42 Å². The maximum atomic E-state index is 5.25. The molecular weight excluding hydrogens is 176 g/mol. The number of ether oxygens (including phenoxy) is 2. The molecule has 1 aliphatic heterocycles. The Hall–Kier alpha value is -0.660. The summed E-state index contributed by atoms with van der Waals surface area (Å²) in [6.45, 7) is 6.82. The minimum atomic E-state index is -0.0240. The lowest BCUT2D eigenvalue weighted by Crippen LogP contribution is -2.12. The van der Waals surface area contributed by atoms with Gasteiger partial charge in [-0.1, -0.05) is 40.0 Å². The molecule has 0 bridgehead atoms. The van der Waals surface area contributed by atoms with Gasteiger partial charge in [0.2, 0.25) is 6.29 Å². The van der Waals surface area contributed by atoms with Crippen LogP contribution in [0.5, 0.6) is 0 Å². The lowest BCUT2D eigenvalue weighted by molar-refractivity contribution is -0.0384. The predicted octanol–water partition coefficient (Wildman–Crippen LogP) is 3.68. The lowest BCUT2D eigenvalue weighted by atomic mass is 9.97. The third-order valence-corrected chi connectivity index (χ3v) is 2.59. The minimum Gasteiger partial charge on any atom is -0.459 e. The molecule has 1 heterocycles. The average molecular weight is 198 g/mol. The van der Waals surface area contributed by atoms with E-state index in [-0.39, 0.29) is 6.29 Å². The maximum Gasteiger partial charge on any atom is 0.239 e. The van der Waals surface area contributed by atoms with Gasteiger partial charge >= 0.3 is 0 Å². The van der Waals surface area contributed by atoms with Crippen molar-refractivity contribution in [1.29, 1.82) is 0 Å². The zero-order valence-corrected chi connectivity index (χ0v) is 9.53. The van der Waals surface area contributed by atoms with Crippen LogP contribution in [0.2, 0.25) is 0 Å². The van der Waals surface area contributed by atoms with Gasteiger partial charge in [0.25, 0.3) is 0 Å². The molecule has 82 valence electrons. The first-order valence-electron chi connectivity index (χ1n) is 5.64. The Morgan fingerprint density at radius 1 is 1.07 bits per heavy atom. The average Bonchev–Trinajstić information content (AvgIpc) is 2.56.